The molecule has 2 aromatic rings. The molecule has 2 rings (SSSR count). The number of aromatic nitrogens is 2. The molecule has 0 saturated heterocycles. The van der Waals surface area contributed by atoms with Crippen molar-refractivity contribution in [2.24, 2.45) is 0 Å². The zero-order valence-corrected chi connectivity index (χ0v) is 9.57. The summed E-state index contributed by atoms with van der Waals surface area (Å²) in [5.41, 5.74) is -0.415. The highest BCUT2D eigenvalue weighted by Crippen LogP contribution is 2.33. The Morgan fingerprint density at radius 3 is 2.56 bits per heavy atom. The number of nitrogens with zero attached hydrogens (tertiary/aromatic N) is 2. The topological polar surface area (TPSA) is 38.0 Å². The molecule has 0 bridgehead atoms. The van der Waals surface area contributed by atoms with Gasteiger partial charge in [0.2, 0.25) is 0 Å². The Labute approximate surface area is 102 Å². The first-order chi connectivity index (χ1) is 8.43. The van der Waals surface area contributed by atoms with Crippen LogP contribution in [0.15, 0.2) is 30.6 Å². The molecule has 18 heavy (non-hydrogen) atoms. The summed E-state index contributed by atoms with van der Waals surface area (Å²) < 4.78 is 39.6. The van der Waals surface area contributed by atoms with Crippen molar-refractivity contribution in [2.75, 3.05) is 0 Å². The van der Waals surface area contributed by atoms with E-state index in [0.29, 0.717) is 11.5 Å². The first-order valence-corrected chi connectivity index (χ1v) is 5.25. The summed E-state index contributed by atoms with van der Waals surface area (Å²) in [4.78, 5) is 4.00. The molecule has 0 atom stereocenters. The van der Waals surface area contributed by atoms with Gasteiger partial charge in [-0.15, -0.1) is 0 Å². The number of aryl methyl sites for hydroxylation is 1. The van der Waals surface area contributed by atoms with Crippen molar-refractivity contribution in [2.45, 2.75) is 19.7 Å². The second kappa shape index (κ2) is 4.45. The number of hydrogen-bond donors (Lipinski definition) is 1. The molecule has 1 N–H and O–H groups in total. The van der Waals surface area contributed by atoms with Crippen LogP contribution < -0.4 is 0 Å². The van der Waals surface area contributed by atoms with E-state index in [2.05, 4.69) is 4.98 Å². The third-order valence-electron chi connectivity index (χ3n) is 2.67. The van der Waals surface area contributed by atoms with Crippen molar-refractivity contribution in [1.82, 2.24) is 9.55 Å². The Balaban J connectivity index is 2.52. The number of benzene rings is 1. The molecule has 0 aliphatic carbocycles. The van der Waals surface area contributed by atoms with E-state index < -0.39 is 18.3 Å². The first kappa shape index (κ1) is 12.6. The van der Waals surface area contributed by atoms with Crippen molar-refractivity contribution >= 4 is 0 Å². The molecular weight excluding hydrogens is 245 g/mol. The van der Waals surface area contributed by atoms with Gasteiger partial charge < -0.3 is 9.67 Å². The Kier molecular flexibility index (Phi) is 3.13. The van der Waals surface area contributed by atoms with E-state index in [1.807, 2.05) is 0 Å². The molecule has 0 saturated carbocycles. The summed E-state index contributed by atoms with van der Waals surface area (Å²) in [5, 5.41) is 9.05. The van der Waals surface area contributed by atoms with Crippen molar-refractivity contribution in [3.8, 4) is 5.69 Å². The normalized spacial score (nSPS) is 11.8. The van der Waals surface area contributed by atoms with E-state index in [1.54, 1.807) is 23.9 Å². The van der Waals surface area contributed by atoms with Crippen LogP contribution in [0.4, 0.5) is 13.2 Å². The monoisotopic (exact) mass is 256 g/mol. The van der Waals surface area contributed by atoms with E-state index in [4.69, 9.17) is 5.11 Å². The molecule has 0 spiro atoms. The Morgan fingerprint density at radius 1 is 1.33 bits per heavy atom. The summed E-state index contributed by atoms with van der Waals surface area (Å²) in [7, 11) is 0. The maximum atomic E-state index is 12.7. The smallest absolute Gasteiger partial charge is 0.392 e. The number of aliphatic hydroxyl groups is 1. The highest BCUT2D eigenvalue weighted by Gasteiger charge is 2.33. The number of imidazole rings is 1. The van der Waals surface area contributed by atoms with E-state index in [9.17, 15) is 13.2 Å². The van der Waals surface area contributed by atoms with Crippen LogP contribution in [-0.4, -0.2) is 14.7 Å². The van der Waals surface area contributed by atoms with Crippen LogP contribution in [-0.2, 0) is 12.8 Å². The zero-order chi connectivity index (χ0) is 13.3. The average molecular weight is 256 g/mol. The van der Waals surface area contributed by atoms with E-state index in [-0.39, 0.29) is 5.56 Å². The van der Waals surface area contributed by atoms with Gasteiger partial charge in [-0.3, -0.25) is 0 Å². The van der Waals surface area contributed by atoms with Gasteiger partial charge in [-0.2, -0.15) is 13.2 Å². The predicted octanol–water partition coefficient (Wildman–Crippen LogP) is 2.69. The largest absolute Gasteiger partial charge is 0.416 e. The van der Waals surface area contributed by atoms with Gasteiger partial charge >= 0.3 is 6.18 Å². The minimum absolute atomic E-state index is 0.145. The Morgan fingerprint density at radius 2 is 2.06 bits per heavy atom. The van der Waals surface area contributed by atoms with Crippen LogP contribution in [0, 0.1) is 6.92 Å². The molecule has 0 unspecified atom stereocenters. The third kappa shape index (κ3) is 2.24. The van der Waals surface area contributed by atoms with Crippen molar-refractivity contribution < 1.29 is 18.3 Å². The lowest BCUT2D eigenvalue weighted by Gasteiger charge is -2.13. The van der Waals surface area contributed by atoms with Gasteiger partial charge in [0, 0.05) is 18.1 Å². The van der Waals surface area contributed by atoms with Gasteiger partial charge in [0.15, 0.2) is 0 Å². The van der Waals surface area contributed by atoms with Crippen LogP contribution in [0.25, 0.3) is 5.69 Å². The lowest BCUT2D eigenvalue weighted by Crippen LogP contribution is -2.10. The number of aliphatic hydroxyl groups excluding tert-OH is 1. The van der Waals surface area contributed by atoms with Gasteiger partial charge in [-0.05, 0) is 30.7 Å². The summed E-state index contributed by atoms with van der Waals surface area (Å²) in [6, 6.07) is 3.65. The second-order valence-electron chi connectivity index (χ2n) is 3.84. The first-order valence-electron chi connectivity index (χ1n) is 5.25. The molecule has 1 aromatic carbocycles. The zero-order valence-electron chi connectivity index (χ0n) is 9.57. The quantitative estimate of drug-likeness (QED) is 0.897. The average Bonchev–Trinajstić information content (AvgIpc) is 2.73. The maximum absolute atomic E-state index is 12.7. The summed E-state index contributed by atoms with van der Waals surface area (Å²) in [6.45, 7) is 1.09. The van der Waals surface area contributed by atoms with E-state index in [0.717, 1.165) is 6.07 Å². The number of hydrogen-bond acceptors (Lipinski definition) is 2. The second-order valence-corrected chi connectivity index (χ2v) is 3.84. The van der Waals surface area contributed by atoms with Gasteiger partial charge in [0.1, 0.15) is 5.82 Å². The van der Waals surface area contributed by atoms with Crippen LogP contribution >= 0.6 is 0 Å². The maximum Gasteiger partial charge on any atom is 0.416 e. The summed E-state index contributed by atoms with van der Waals surface area (Å²) in [5.74, 6) is 0.665. The fourth-order valence-corrected chi connectivity index (χ4v) is 1.79. The molecule has 3 nitrogen and oxygen atoms in total. The van der Waals surface area contributed by atoms with E-state index >= 15 is 0 Å². The molecular formula is C12H11F3N2O. The minimum Gasteiger partial charge on any atom is -0.392 e. The van der Waals surface area contributed by atoms with Crippen LogP contribution in [0.3, 0.4) is 0 Å². The summed E-state index contributed by atoms with van der Waals surface area (Å²) in [6.07, 6.45) is -1.24. The molecule has 0 radical (unpaired) electrons. The molecule has 1 heterocycles. The fourth-order valence-electron chi connectivity index (χ4n) is 1.79. The Bertz CT molecular complexity index is 561. The SMILES string of the molecule is Cc1nccn1-c1ccc(C(F)(F)F)c(CO)c1. The predicted molar refractivity (Wildman–Crippen MR) is 59.2 cm³/mol. The van der Waals surface area contributed by atoms with Crippen molar-refractivity contribution in [1.29, 1.82) is 0 Å². The molecule has 1 aromatic heterocycles. The highest BCUT2D eigenvalue weighted by molar-refractivity contribution is 5.42. The molecule has 0 aliphatic rings. The van der Waals surface area contributed by atoms with Gasteiger partial charge in [-0.1, -0.05) is 0 Å². The number of rotatable bonds is 2. The molecule has 0 amide bonds. The van der Waals surface area contributed by atoms with Crippen LogP contribution in [0.5, 0.6) is 0 Å². The number of halogens is 3. The van der Waals surface area contributed by atoms with Gasteiger partial charge in [-0.25, -0.2) is 4.98 Å². The van der Waals surface area contributed by atoms with E-state index in [1.165, 1.54) is 12.1 Å². The Hall–Kier alpha value is -1.82. The van der Waals surface area contributed by atoms with Crippen LogP contribution in [0.2, 0.25) is 0 Å². The third-order valence-corrected chi connectivity index (χ3v) is 2.67. The van der Waals surface area contributed by atoms with Crippen molar-refractivity contribution in [3.63, 3.8) is 0 Å². The molecule has 0 fully saturated rings. The molecule has 0 aliphatic heterocycles. The van der Waals surface area contributed by atoms with Crippen LogP contribution in [0.1, 0.15) is 17.0 Å². The standard InChI is InChI=1S/C12H11F3N2O/c1-8-16-4-5-17(8)10-2-3-11(12(13,14)15)9(6-10)7-18/h2-6,18H,7H2,1H3. The summed E-state index contributed by atoms with van der Waals surface area (Å²) >= 11 is 0. The lowest BCUT2D eigenvalue weighted by molar-refractivity contribution is -0.138. The fraction of sp³-hybridized carbons (Fsp3) is 0.250. The number of alkyl halides is 3. The van der Waals surface area contributed by atoms with Gasteiger partial charge in [0.25, 0.3) is 0 Å². The molecule has 6 heteroatoms. The lowest BCUT2D eigenvalue weighted by atomic mass is 10.1. The van der Waals surface area contributed by atoms with Crippen molar-refractivity contribution in [3.05, 3.63) is 47.5 Å². The highest BCUT2D eigenvalue weighted by atomic mass is 19.4. The van der Waals surface area contributed by atoms with Gasteiger partial charge in [0.05, 0.1) is 12.2 Å². The minimum atomic E-state index is -4.46. The molecule has 96 valence electrons.